The summed E-state index contributed by atoms with van der Waals surface area (Å²) < 4.78 is 130. The molecule has 4 heterocycles. The number of rotatable bonds is 5. The molecule has 230 valence electrons. The first-order chi connectivity index (χ1) is 19.1. The summed E-state index contributed by atoms with van der Waals surface area (Å²) in [6, 6.07) is -0.649. The molecule has 0 radical (unpaired) electrons. The lowest BCUT2D eigenvalue weighted by Crippen LogP contribution is -2.52. The van der Waals surface area contributed by atoms with E-state index < -0.39 is 68.7 Å². The highest BCUT2D eigenvalue weighted by atomic mass is 32.1. The number of pyridine rings is 1. The third-order valence-electron chi connectivity index (χ3n) is 6.88. The first-order valence-corrected chi connectivity index (χ1v) is 13.0. The van der Waals surface area contributed by atoms with Crippen LogP contribution in [0, 0.1) is 0 Å². The van der Waals surface area contributed by atoms with Crippen LogP contribution in [-0.4, -0.2) is 61.0 Å². The fourth-order valence-electron chi connectivity index (χ4n) is 4.26. The Balaban J connectivity index is 1.97. The predicted octanol–water partition coefficient (Wildman–Crippen LogP) is 6.51. The normalized spacial score (nSPS) is 17.3. The van der Waals surface area contributed by atoms with Gasteiger partial charge in [-0.25, -0.2) is 4.98 Å². The van der Waals surface area contributed by atoms with Crippen molar-refractivity contribution in [1.29, 1.82) is 0 Å². The monoisotopic (exact) mass is 631 g/mol. The molecule has 0 saturated carbocycles. The van der Waals surface area contributed by atoms with Crippen molar-refractivity contribution >= 4 is 17.2 Å². The molecule has 0 bridgehead atoms. The molecule has 0 unspecified atom stereocenters. The Labute approximate surface area is 235 Å². The Kier molecular flexibility index (Phi) is 7.66. The fraction of sp³-hybridized carbons (Fsp3) is 0.542. The first-order valence-electron chi connectivity index (χ1n) is 12.2. The van der Waals surface area contributed by atoms with Crippen molar-refractivity contribution < 1.29 is 53.8 Å². The molecule has 1 aliphatic rings. The lowest BCUT2D eigenvalue weighted by Gasteiger charge is -2.33. The molecular weight excluding hydrogens is 609 g/mol. The number of thiazole rings is 1. The van der Waals surface area contributed by atoms with Crippen LogP contribution in [-0.2, 0) is 17.2 Å². The third kappa shape index (κ3) is 5.45. The van der Waals surface area contributed by atoms with Crippen molar-refractivity contribution in [2.75, 3.05) is 6.54 Å². The molecule has 3 aromatic rings. The minimum atomic E-state index is -6.05. The molecule has 1 aliphatic heterocycles. The Hall–Kier alpha value is -3.28. The zero-order valence-corrected chi connectivity index (χ0v) is 23.0. The van der Waals surface area contributed by atoms with Gasteiger partial charge in [-0.05, 0) is 46.6 Å². The minimum absolute atomic E-state index is 0.214. The van der Waals surface area contributed by atoms with Gasteiger partial charge in [0.1, 0.15) is 11.3 Å². The van der Waals surface area contributed by atoms with E-state index in [0.717, 1.165) is 0 Å². The van der Waals surface area contributed by atoms with E-state index in [1.807, 2.05) is 0 Å². The maximum Gasteiger partial charge on any atom is 0.417 e. The van der Waals surface area contributed by atoms with Crippen LogP contribution in [0.25, 0.3) is 21.3 Å². The second-order valence-corrected chi connectivity index (χ2v) is 11.4. The SMILES string of the molecule is C[C@H]1CCCN1C(=O)c1nc(-c2nnc(C(C)(C)O)o2)sc1-c1cnc(C(C)(C(F)(F)F)C(F)(F)F)cc1C(F)(F)F. The Bertz CT molecular complexity index is 1470. The van der Waals surface area contributed by atoms with Crippen LogP contribution in [0.15, 0.2) is 16.7 Å². The number of likely N-dealkylation sites (tertiary alicyclic amines) is 1. The molecule has 1 atom stereocenters. The predicted molar refractivity (Wildman–Crippen MR) is 128 cm³/mol. The van der Waals surface area contributed by atoms with Gasteiger partial charge in [0.2, 0.25) is 5.89 Å². The molecule has 0 aromatic carbocycles. The molecule has 4 rings (SSSR count). The average Bonchev–Trinajstić information content (AvgIpc) is 3.59. The summed E-state index contributed by atoms with van der Waals surface area (Å²) in [6.45, 7) is 4.23. The van der Waals surface area contributed by atoms with E-state index in [-0.39, 0.29) is 42.7 Å². The summed E-state index contributed by atoms with van der Waals surface area (Å²) in [5.74, 6) is -1.52. The summed E-state index contributed by atoms with van der Waals surface area (Å²) in [7, 11) is 0. The van der Waals surface area contributed by atoms with Crippen LogP contribution in [0.1, 0.15) is 68.2 Å². The third-order valence-corrected chi connectivity index (χ3v) is 7.95. The second kappa shape index (κ2) is 10.2. The minimum Gasteiger partial charge on any atom is -0.415 e. The van der Waals surface area contributed by atoms with Crippen molar-refractivity contribution in [2.45, 2.75) is 76.1 Å². The molecule has 3 aromatic heterocycles. The lowest BCUT2D eigenvalue weighted by molar-refractivity contribution is -0.298. The second-order valence-electron chi connectivity index (χ2n) is 10.4. The number of halogens is 9. The van der Waals surface area contributed by atoms with Crippen molar-refractivity contribution in [3.8, 4) is 21.3 Å². The van der Waals surface area contributed by atoms with Crippen molar-refractivity contribution in [3.63, 3.8) is 0 Å². The molecule has 18 heteroatoms. The average molecular weight is 632 g/mol. The van der Waals surface area contributed by atoms with Gasteiger partial charge in [-0.1, -0.05) is 0 Å². The molecule has 0 spiro atoms. The molecule has 8 nitrogen and oxygen atoms in total. The largest absolute Gasteiger partial charge is 0.417 e. The van der Waals surface area contributed by atoms with Crippen molar-refractivity contribution in [3.05, 3.63) is 35.1 Å². The Morgan fingerprint density at radius 2 is 1.67 bits per heavy atom. The van der Waals surface area contributed by atoms with Gasteiger partial charge in [0.15, 0.2) is 10.4 Å². The summed E-state index contributed by atoms with van der Waals surface area (Å²) >= 11 is 0.412. The number of aromatic nitrogens is 4. The van der Waals surface area contributed by atoms with Gasteiger partial charge in [-0.15, -0.1) is 21.5 Å². The van der Waals surface area contributed by atoms with E-state index in [1.54, 1.807) is 6.92 Å². The van der Waals surface area contributed by atoms with E-state index in [1.165, 1.54) is 18.7 Å². The Morgan fingerprint density at radius 1 is 1.05 bits per heavy atom. The number of aliphatic hydroxyl groups is 1. The van der Waals surface area contributed by atoms with Crippen LogP contribution >= 0.6 is 11.3 Å². The summed E-state index contributed by atoms with van der Waals surface area (Å²) in [4.78, 5) is 21.6. The molecular formula is C24H22F9N5O3S. The Morgan fingerprint density at radius 3 is 2.14 bits per heavy atom. The van der Waals surface area contributed by atoms with Gasteiger partial charge in [0, 0.05) is 24.3 Å². The number of amides is 1. The fourth-order valence-corrected chi connectivity index (χ4v) is 5.26. The number of alkyl halides is 9. The maximum absolute atomic E-state index is 14.3. The zero-order chi connectivity index (χ0) is 31.6. The lowest BCUT2D eigenvalue weighted by atomic mass is 9.83. The van der Waals surface area contributed by atoms with Crippen LogP contribution in [0.3, 0.4) is 0 Å². The van der Waals surface area contributed by atoms with Gasteiger partial charge >= 0.3 is 18.5 Å². The van der Waals surface area contributed by atoms with Gasteiger partial charge in [-0.3, -0.25) is 9.78 Å². The maximum atomic E-state index is 14.3. The van der Waals surface area contributed by atoms with Crippen LogP contribution in [0.2, 0.25) is 0 Å². The zero-order valence-electron chi connectivity index (χ0n) is 22.2. The van der Waals surface area contributed by atoms with E-state index in [4.69, 9.17) is 4.42 Å². The first kappa shape index (κ1) is 31.7. The van der Waals surface area contributed by atoms with Crippen LogP contribution < -0.4 is 0 Å². The summed E-state index contributed by atoms with van der Waals surface area (Å²) in [5.41, 5.74) is -11.7. The number of nitrogens with zero attached hydrogens (tertiary/aromatic N) is 5. The highest BCUT2D eigenvalue weighted by Crippen LogP contribution is 2.53. The van der Waals surface area contributed by atoms with Crippen LogP contribution in [0.4, 0.5) is 39.5 Å². The topological polar surface area (TPSA) is 105 Å². The molecule has 1 amide bonds. The van der Waals surface area contributed by atoms with Gasteiger partial charge in [0.25, 0.3) is 11.8 Å². The van der Waals surface area contributed by atoms with Gasteiger partial charge in [0.05, 0.1) is 16.1 Å². The standard InChI is InChI=1S/C24H22F9N5O3S/c1-10-6-5-7-38(10)18(39)14-15(42-17(35-14)16-36-37-19(41-16)20(2,3)40)11-9-34-13(8-12(11)22(25,26)27)21(4,23(28,29)30)24(31,32)33/h8-10,40H,5-7H2,1-4H3/t10-/m0/s1. The number of carbonyl (C=O) groups excluding carboxylic acids is 1. The van der Waals surface area contributed by atoms with E-state index >= 15 is 0 Å². The number of carbonyl (C=O) groups is 1. The van der Waals surface area contributed by atoms with Gasteiger partial charge in [-0.2, -0.15) is 39.5 Å². The molecule has 1 N–H and O–H groups in total. The molecule has 42 heavy (non-hydrogen) atoms. The van der Waals surface area contributed by atoms with E-state index in [0.29, 0.717) is 24.2 Å². The number of hydrogen-bond donors (Lipinski definition) is 1. The number of hydrogen-bond acceptors (Lipinski definition) is 8. The van der Waals surface area contributed by atoms with Crippen molar-refractivity contribution in [1.82, 2.24) is 25.1 Å². The van der Waals surface area contributed by atoms with Gasteiger partial charge < -0.3 is 14.4 Å². The summed E-state index contributed by atoms with van der Waals surface area (Å²) in [6.07, 6.45) is -16.2. The summed E-state index contributed by atoms with van der Waals surface area (Å²) in [5, 5.41) is 17.2. The van der Waals surface area contributed by atoms with E-state index in [9.17, 15) is 49.4 Å². The molecule has 1 fully saturated rings. The smallest absolute Gasteiger partial charge is 0.415 e. The highest BCUT2D eigenvalue weighted by Gasteiger charge is 2.69. The quantitative estimate of drug-likeness (QED) is 0.320. The van der Waals surface area contributed by atoms with Crippen LogP contribution in [0.5, 0.6) is 0 Å². The van der Waals surface area contributed by atoms with Crippen molar-refractivity contribution in [2.24, 2.45) is 0 Å². The molecule has 1 saturated heterocycles. The van der Waals surface area contributed by atoms with E-state index in [2.05, 4.69) is 20.2 Å². The molecule has 0 aliphatic carbocycles. The highest BCUT2D eigenvalue weighted by molar-refractivity contribution is 7.18.